The summed E-state index contributed by atoms with van der Waals surface area (Å²) in [5.74, 6) is 0.458. The van der Waals surface area contributed by atoms with E-state index in [1.54, 1.807) is 5.38 Å². The Morgan fingerprint density at radius 1 is 1.60 bits per heavy atom. The molecule has 6 heteroatoms. The Morgan fingerprint density at radius 3 is 2.95 bits per heavy atom. The van der Waals surface area contributed by atoms with Crippen LogP contribution in [-0.2, 0) is 6.42 Å². The van der Waals surface area contributed by atoms with Crippen molar-refractivity contribution in [2.75, 3.05) is 13.1 Å². The quantitative estimate of drug-likeness (QED) is 0.764. The monoisotopic (exact) mass is 297 g/mol. The molecule has 0 spiro atoms. The highest BCUT2D eigenvalue weighted by Crippen LogP contribution is 2.31. The van der Waals surface area contributed by atoms with Gasteiger partial charge in [-0.05, 0) is 38.1 Å². The van der Waals surface area contributed by atoms with Gasteiger partial charge in [-0.1, -0.05) is 6.92 Å². The highest BCUT2D eigenvalue weighted by molar-refractivity contribution is 7.09. The van der Waals surface area contributed by atoms with E-state index < -0.39 is 5.60 Å². The second kappa shape index (κ2) is 6.65. The van der Waals surface area contributed by atoms with Crippen LogP contribution in [0.1, 0.15) is 48.1 Å². The Kier molecular flexibility index (Phi) is 5.12. The number of aromatic nitrogens is 1. The first kappa shape index (κ1) is 15.4. The number of amides is 1. The molecule has 0 aliphatic heterocycles. The van der Waals surface area contributed by atoms with Gasteiger partial charge in [0, 0.05) is 18.3 Å². The second-order valence-corrected chi connectivity index (χ2v) is 6.70. The van der Waals surface area contributed by atoms with Crippen molar-refractivity contribution >= 4 is 17.2 Å². The van der Waals surface area contributed by atoms with Crippen LogP contribution >= 0.6 is 11.3 Å². The van der Waals surface area contributed by atoms with Crippen molar-refractivity contribution in [3.63, 3.8) is 0 Å². The molecule has 1 heterocycles. The summed E-state index contributed by atoms with van der Waals surface area (Å²) in [5, 5.41) is 15.8. The number of aliphatic hydroxyl groups is 1. The molecule has 0 radical (unpaired) electrons. The third kappa shape index (κ3) is 4.01. The fourth-order valence-electron chi connectivity index (χ4n) is 2.47. The van der Waals surface area contributed by atoms with E-state index in [1.807, 2.05) is 0 Å². The highest BCUT2D eigenvalue weighted by Gasteiger charge is 2.32. The molecule has 0 unspecified atom stereocenters. The molecule has 5 nitrogen and oxygen atoms in total. The summed E-state index contributed by atoms with van der Waals surface area (Å²) in [6.07, 6.45) is 4.24. The first-order chi connectivity index (χ1) is 9.52. The molecule has 2 rings (SSSR count). The molecule has 4 N–H and O–H groups in total. The minimum absolute atomic E-state index is 0.212. The maximum atomic E-state index is 12.0. The van der Waals surface area contributed by atoms with Gasteiger partial charge in [-0.2, -0.15) is 0 Å². The zero-order valence-electron chi connectivity index (χ0n) is 11.9. The molecule has 0 atom stereocenters. The predicted molar refractivity (Wildman–Crippen MR) is 79.8 cm³/mol. The molecule has 1 aliphatic carbocycles. The summed E-state index contributed by atoms with van der Waals surface area (Å²) in [6.45, 7) is 3.04. The molecule has 112 valence electrons. The largest absolute Gasteiger partial charge is 0.388 e. The third-order valence-corrected chi connectivity index (χ3v) is 4.83. The van der Waals surface area contributed by atoms with Crippen LogP contribution in [0, 0.1) is 5.92 Å². The van der Waals surface area contributed by atoms with Crippen LogP contribution in [0.25, 0.3) is 0 Å². The van der Waals surface area contributed by atoms with Gasteiger partial charge in [-0.3, -0.25) is 4.79 Å². The number of nitrogens with one attached hydrogen (secondary N) is 1. The predicted octanol–water partition coefficient (Wildman–Crippen LogP) is 1.32. The van der Waals surface area contributed by atoms with Crippen molar-refractivity contribution in [2.45, 2.75) is 44.6 Å². The number of carbonyl (C=O) groups is 1. The summed E-state index contributed by atoms with van der Waals surface area (Å²) in [7, 11) is 0. The minimum Gasteiger partial charge on any atom is -0.388 e. The number of nitrogens with two attached hydrogens (primary N) is 1. The molecule has 0 aromatic carbocycles. The number of rotatable bonds is 5. The Balaban J connectivity index is 1.85. The van der Waals surface area contributed by atoms with Crippen LogP contribution in [-0.4, -0.2) is 34.7 Å². The maximum absolute atomic E-state index is 12.0. The molecule has 1 amide bonds. The van der Waals surface area contributed by atoms with Crippen molar-refractivity contribution in [3.8, 4) is 0 Å². The Hall–Kier alpha value is -0.980. The topological polar surface area (TPSA) is 88.2 Å². The number of carbonyl (C=O) groups excluding carboxylic acids is 1. The van der Waals surface area contributed by atoms with Crippen molar-refractivity contribution in [1.82, 2.24) is 10.3 Å². The van der Waals surface area contributed by atoms with Gasteiger partial charge in [-0.15, -0.1) is 11.3 Å². The summed E-state index contributed by atoms with van der Waals surface area (Å²) in [6, 6.07) is 0. The zero-order chi connectivity index (χ0) is 14.6. The van der Waals surface area contributed by atoms with Gasteiger partial charge >= 0.3 is 0 Å². The van der Waals surface area contributed by atoms with Crippen LogP contribution in [0.2, 0.25) is 0 Å². The van der Waals surface area contributed by atoms with Gasteiger partial charge in [0.15, 0.2) is 0 Å². The van der Waals surface area contributed by atoms with E-state index >= 15 is 0 Å². The van der Waals surface area contributed by atoms with Crippen molar-refractivity contribution in [3.05, 3.63) is 16.1 Å². The third-order valence-electron chi connectivity index (χ3n) is 3.93. The fourth-order valence-corrected chi connectivity index (χ4v) is 3.26. The number of hydrogen-bond donors (Lipinski definition) is 3. The lowest BCUT2D eigenvalue weighted by Gasteiger charge is -2.34. The van der Waals surface area contributed by atoms with E-state index in [2.05, 4.69) is 17.2 Å². The van der Waals surface area contributed by atoms with E-state index in [4.69, 9.17) is 5.73 Å². The molecule has 1 aromatic heterocycles. The zero-order valence-corrected chi connectivity index (χ0v) is 12.7. The molecule has 0 saturated heterocycles. The summed E-state index contributed by atoms with van der Waals surface area (Å²) in [4.78, 5) is 16.2. The van der Waals surface area contributed by atoms with Crippen LogP contribution in [0.15, 0.2) is 5.38 Å². The van der Waals surface area contributed by atoms with Gasteiger partial charge in [-0.25, -0.2) is 4.98 Å². The first-order valence-electron chi connectivity index (χ1n) is 7.17. The maximum Gasteiger partial charge on any atom is 0.270 e. The van der Waals surface area contributed by atoms with Crippen molar-refractivity contribution < 1.29 is 9.90 Å². The van der Waals surface area contributed by atoms with Crippen LogP contribution in [0.3, 0.4) is 0 Å². The summed E-state index contributed by atoms with van der Waals surface area (Å²) < 4.78 is 0. The lowest BCUT2D eigenvalue weighted by Crippen LogP contribution is -2.45. The molecule has 1 aromatic rings. The van der Waals surface area contributed by atoms with E-state index in [9.17, 15) is 9.90 Å². The molecule has 1 fully saturated rings. The summed E-state index contributed by atoms with van der Waals surface area (Å²) in [5.41, 5.74) is 5.13. The molecular formula is C14H23N3O2S. The van der Waals surface area contributed by atoms with E-state index in [-0.39, 0.29) is 5.91 Å². The van der Waals surface area contributed by atoms with E-state index in [0.717, 1.165) is 30.7 Å². The SMILES string of the molecule is CC1CCC(O)(CNC(=O)c2csc(CCN)n2)CC1. The lowest BCUT2D eigenvalue weighted by molar-refractivity contribution is -0.00543. The average Bonchev–Trinajstić information content (AvgIpc) is 2.89. The average molecular weight is 297 g/mol. The van der Waals surface area contributed by atoms with Crippen LogP contribution in [0.4, 0.5) is 0 Å². The van der Waals surface area contributed by atoms with Crippen molar-refractivity contribution in [1.29, 1.82) is 0 Å². The first-order valence-corrected chi connectivity index (χ1v) is 8.05. The molecular weight excluding hydrogens is 274 g/mol. The van der Waals surface area contributed by atoms with E-state index in [0.29, 0.717) is 31.1 Å². The lowest BCUT2D eigenvalue weighted by atomic mass is 9.79. The fraction of sp³-hybridized carbons (Fsp3) is 0.714. The molecule has 0 bridgehead atoms. The van der Waals surface area contributed by atoms with Gasteiger partial charge < -0.3 is 16.2 Å². The molecule has 1 saturated carbocycles. The Morgan fingerprint density at radius 2 is 2.30 bits per heavy atom. The van der Waals surface area contributed by atoms with E-state index in [1.165, 1.54) is 11.3 Å². The van der Waals surface area contributed by atoms with Crippen molar-refractivity contribution in [2.24, 2.45) is 11.7 Å². The Labute approximate surface area is 123 Å². The van der Waals surface area contributed by atoms with Gasteiger partial charge in [0.2, 0.25) is 0 Å². The molecule has 20 heavy (non-hydrogen) atoms. The van der Waals surface area contributed by atoms with Crippen LogP contribution in [0.5, 0.6) is 0 Å². The minimum atomic E-state index is -0.752. The number of thiazole rings is 1. The normalized spacial score (nSPS) is 26.4. The molecule has 1 aliphatic rings. The van der Waals surface area contributed by atoms with Gasteiger partial charge in [0.1, 0.15) is 5.69 Å². The highest BCUT2D eigenvalue weighted by atomic mass is 32.1. The second-order valence-electron chi connectivity index (χ2n) is 5.75. The van der Waals surface area contributed by atoms with Gasteiger partial charge in [0.05, 0.1) is 10.6 Å². The Bertz CT molecular complexity index is 453. The standard InChI is InChI=1S/C14H23N3O2S/c1-10-2-5-14(19,6-3-10)9-16-13(18)11-8-20-12(17-11)4-7-15/h8,10,19H,2-7,9,15H2,1H3,(H,16,18). The van der Waals surface area contributed by atoms with Gasteiger partial charge in [0.25, 0.3) is 5.91 Å². The number of hydrogen-bond acceptors (Lipinski definition) is 5. The number of nitrogens with zero attached hydrogens (tertiary/aromatic N) is 1. The summed E-state index contributed by atoms with van der Waals surface area (Å²) >= 11 is 1.45. The van der Waals surface area contributed by atoms with Crippen LogP contribution < -0.4 is 11.1 Å². The smallest absolute Gasteiger partial charge is 0.270 e.